The number of benzene rings is 3. The fourth-order valence-electron chi connectivity index (χ4n) is 3.67. The van der Waals surface area contributed by atoms with Gasteiger partial charge in [-0.05, 0) is 48.0 Å². The third kappa shape index (κ3) is 3.52. The molecule has 0 saturated carbocycles. The molecule has 0 unspecified atom stereocenters. The van der Waals surface area contributed by atoms with Crippen LogP contribution in [-0.4, -0.2) is 33.4 Å². The summed E-state index contributed by atoms with van der Waals surface area (Å²) in [5.74, 6) is 3.79. The first-order valence-electron chi connectivity index (χ1n) is 9.62. The first kappa shape index (κ1) is 19.6. The molecule has 3 aromatic carbocycles. The zero-order valence-electron chi connectivity index (χ0n) is 17.6. The number of hydrogen-bond donors (Lipinski definition) is 1. The van der Waals surface area contributed by atoms with Crippen molar-refractivity contribution in [2.45, 2.75) is 6.54 Å². The van der Waals surface area contributed by atoms with Crippen LogP contribution in [0.15, 0.2) is 60.7 Å². The summed E-state index contributed by atoms with van der Waals surface area (Å²) in [6.45, 7) is 0.661. The molecule has 6 heteroatoms. The second kappa shape index (κ2) is 8.37. The second-order valence-electron chi connectivity index (χ2n) is 6.84. The lowest BCUT2D eigenvalue weighted by atomic mass is 10.1. The molecule has 0 radical (unpaired) electrons. The first-order chi connectivity index (χ1) is 14.7. The molecule has 1 N–H and O–H groups in total. The molecule has 0 amide bonds. The van der Waals surface area contributed by atoms with Crippen molar-refractivity contribution in [2.24, 2.45) is 0 Å². The summed E-state index contributed by atoms with van der Waals surface area (Å²) in [5.41, 5.74) is 4.27. The van der Waals surface area contributed by atoms with Gasteiger partial charge in [0.05, 0.1) is 34.0 Å². The lowest BCUT2D eigenvalue weighted by molar-refractivity contribution is -0.651. The predicted molar refractivity (Wildman–Crippen MR) is 116 cm³/mol. The quantitative estimate of drug-likeness (QED) is 0.468. The van der Waals surface area contributed by atoms with Crippen molar-refractivity contribution in [1.29, 1.82) is 0 Å². The van der Waals surface area contributed by atoms with Crippen molar-refractivity contribution in [3.8, 4) is 34.4 Å². The van der Waals surface area contributed by atoms with E-state index in [1.165, 1.54) is 0 Å². The lowest BCUT2D eigenvalue weighted by Crippen LogP contribution is -2.35. The molecule has 1 heterocycles. The number of fused-ring (bicyclic) bond motifs is 1. The van der Waals surface area contributed by atoms with Crippen molar-refractivity contribution in [3.05, 3.63) is 66.2 Å². The van der Waals surface area contributed by atoms with Gasteiger partial charge in [-0.15, -0.1) is 0 Å². The number of imidazole rings is 1. The second-order valence-corrected chi connectivity index (χ2v) is 6.84. The molecular weight excluding hydrogens is 380 g/mol. The molecule has 30 heavy (non-hydrogen) atoms. The fraction of sp³-hybridized carbons (Fsp3) is 0.208. The molecule has 1 aromatic heterocycles. The highest BCUT2D eigenvalue weighted by atomic mass is 16.5. The Morgan fingerprint density at radius 1 is 0.700 bits per heavy atom. The normalized spacial score (nSPS) is 10.8. The molecular formula is C24H25N2O4+. The van der Waals surface area contributed by atoms with Crippen LogP contribution >= 0.6 is 0 Å². The number of para-hydroxylation sites is 2. The number of hydrogen-bond acceptors (Lipinski definition) is 4. The number of ether oxygens (including phenoxy) is 4. The van der Waals surface area contributed by atoms with Crippen molar-refractivity contribution in [1.82, 2.24) is 4.98 Å². The van der Waals surface area contributed by atoms with Gasteiger partial charge in [-0.2, -0.15) is 0 Å². The van der Waals surface area contributed by atoms with E-state index in [0.29, 0.717) is 29.5 Å². The van der Waals surface area contributed by atoms with Gasteiger partial charge in [-0.3, -0.25) is 0 Å². The lowest BCUT2D eigenvalue weighted by Gasteiger charge is -2.10. The third-order valence-electron chi connectivity index (χ3n) is 5.16. The van der Waals surface area contributed by atoms with E-state index < -0.39 is 0 Å². The Morgan fingerprint density at radius 2 is 1.33 bits per heavy atom. The van der Waals surface area contributed by atoms with Crippen LogP contribution < -0.4 is 23.5 Å². The number of nitrogens with zero attached hydrogens (tertiary/aromatic N) is 1. The number of rotatable bonds is 7. The summed E-state index contributed by atoms with van der Waals surface area (Å²) in [6, 6.07) is 20.2. The van der Waals surface area contributed by atoms with E-state index >= 15 is 0 Å². The van der Waals surface area contributed by atoms with E-state index in [4.69, 9.17) is 18.9 Å². The maximum atomic E-state index is 5.51. The number of H-pyrrole nitrogens is 1. The molecule has 0 saturated heterocycles. The molecule has 4 aromatic rings. The van der Waals surface area contributed by atoms with E-state index in [9.17, 15) is 0 Å². The highest BCUT2D eigenvalue weighted by molar-refractivity contribution is 5.75. The summed E-state index contributed by atoms with van der Waals surface area (Å²) >= 11 is 0. The minimum atomic E-state index is 0.661. The number of nitrogens with one attached hydrogen (secondary N) is 1. The van der Waals surface area contributed by atoms with Gasteiger partial charge in [-0.25, -0.2) is 9.55 Å². The summed E-state index contributed by atoms with van der Waals surface area (Å²) < 4.78 is 24.0. The Balaban J connectivity index is 1.84. The fourth-order valence-corrected chi connectivity index (χ4v) is 3.67. The average Bonchev–Trinajstić information content (AvgIpc) is 3.16. The largest absolute Gasteiger partial charge is 0.493 e. The van der Waals surface area contributed by atoms with Crippen LogP contribution in [0.2, 0.25) is 0 Å². The molecule has 0 bridgehead atoms. The molecule has 0 spiro atoms. The standard InChI is InChI=1S/C24H24N2O4/c1-27-20-11-9-16(13-22(20)29-3)15-26-19-8-6-5-7-18(19)25-24(26)17-10-12-21(28-2)23(14-17)30-4/h5-14H,15H2,1-4H3/p+1. The molecule has 4 rings (SSSR count). The van der Waals surface area contributed by atoms with Crippen LogP contribution in [0.5, 0.6) is 23.0 Å². The molecule has 0 aliphatic carbocycles. The van der Waals surface area contributed by atoms with Crippen LogP contribution in [0.4, 0.5) is 0 Å². The van der Waals surface area contributed by atoms with Gasteiger partial charge >= 0.3 is 0 Å². The summed E-state index contributed by atoms with van der Waals surface area (Å²) in [6.07, 6.45) is 0. The van der Waals surface area contributed by atoms with E-state index in [-0.39, 0.29) is 0 Å². The molecule has 154 valence electrons. The summed E-state index contributed by atoms with van der Waals surface area (Å²) in [7, 11) is 6.57. The van der Waals surface area contributed by atoms with Crippen molar-refractivity contribution < 1.29 is 23.5 Å². The van der Waals surface area contributed by atoms with Gasteiger partial charge in [-0.1, -0.05) is 18.2 Å². The average molecular weight is 405 g/mol. The first-order valence-corrected chi connectivity index (χ1v) is 9.62. The van der Waals surface area contributed by atoms with Gasteiger partial charge in [0.25, 0.3) is 5.82 Å². The van der Waals surface area contributed by atoms with Crippen LogP contribution in [0.3, 0.4) is 0 Å². The highest BCUT2D eigenvalue weighted by Crippen LogP contribution is 2.32. The summed E-state index contributed by atoms with van der Waals surface area (Å²) in [5, 5.41) is 0. The van der Waals surface area contributed by atoms with Gasteiger partial charge in [0.15, 0.2) is 34.0 Å². The number of aromatic amines is 1. The number of methoxy groups -OCH3 is 4. The van der Waals surface area contributed by atoms with Crippen LogP contribution in [0, 0.1) is 0 Å². The monoisotopic (exact) mass is 405 g/mol. The predicted octanol–water partition coefficient (Wildman–Crippen LogP) is 4.21. The Labute approximate surface area is 175 Å². The van der Waals surface area contributed by atoms with E-state index in [2.05, 4.69) is 27.8 Å². The molecule has 0 atom stereocenters. The van der Waals surface area contributed by atoms with E-state index in [1.54, 1.807) is 28.4 Å². The molecule has 0 aliphatic heterocycles. The Hall–Kier alpha value is -3.67. The molecule has 6 nitrogen and oxygen atoms in total. The maximum Gasteiger partial charge on any atom is 0.288 e. The Bertz CT molecular complexity index is 1180. The van der Waals surface area contributed by atoms with Crippen molar-refractivity contribution in [2.75, 3.05) is 28.4 Å². The Kier molecular flexibility index (Phi) is 5.48. The number of aromatic nitrogens is 2. The van der Waals surface area contributed by atoms with Gasteiger partial charge in [0.1, 0.15) is 6.54 Å². The van der Waals surface area contributed by atoms with Crippen molar-refractivity contribution >= 4 is 11.0 Å². The van der Waals surface area contributed by atoms with Gasteiger partial charge in [0.2, 0.25) is 0 Å². The van der Waals surface area contributed by atoms with Crippen LogP contribution in [-0.2, 0) is 6.54 Å². The zero-order valence-corrected chi connectivity index (χ0v) is 17.6. The third-order valence-corrected chi connectivity index (χ3v) is 5.16. The SMILES string of the molecule is COc1ccc(C[n+]2c(-c3ccc(OC)c(OC)c3)[nH]c3ccccc32)cc1OC. The van der Waals surface area contributed by atoms with E-state index in [0.717, 1.165) is 28.0 Å². The molecule has 0 aliphatic rings. The minimum Gasteiger partial charge on any atom is -0.493 e. The van der Waals surface area contributed by atoms with Crippen LogP contribution in [0.25, 0.3) is 22.4 Å². The minimum absolute atomic E-state index is 0.661. The maximum absolute atomic E-state index is 5.51. The topological polar surface area (TPSA) is 56.6 Å². The van der Waals surface area contributed by atoms with Crippen LogP contribution in [0.1, 0.15) is 5.56 Å². The Morgan fingerprint density at radius 3 is 2.03 bits per heavy atom. The van der Waals surface area contributed by atoms with E-state index in [1.807, 2.05) is 42.5 Å². The van der Waals surface area contributed by atoms with Gasteiger partial charge < -0.3 is 18.9 Å². The summed E-state index contributed by atoms with van der Waals surface area (Å²) in [4.78, 5) is 3.55. The van der Waals surface area contributed by atoms with Gasteiger partial charge in [0, 0.05) is 0 Å². The highest BCUT2D eigenvalue weighted by Gasteiger charge is 2.22. The molecule has 0 fully saturated rings. The smallest absolute Gasteiger partial charge is 0.288 e. The van der Waals surface area contributed by atoms with Crippen molar-refractivity contribution in [3.63, 3.8) is 0 Å². The zero-order chi connectivity index (χ0) is 21.1.